The van der Waals surface area contributed by atoms with Gasteiger partial charge in [-0.2, -0.15) is 0 Å². The number of hydrogen-bond donors (Lipinski definition) is 2. The minimum atomic E-state index is -0.749. The fourth-order valence-electron chi connectivity index (χ4n) is 3.09. The molecule has 24 heavy (non-hydrogen) atoms. The van der Waals surface area contributed by atoms with E-state index in [1.54, 1.807) is 6.08 Å². The number of rotatable bonds is 13. The second-order valence-corrected chi connectivity index (χ2v) is 6.71. The van der Waals surface area contributed by atoms with E-state index >= 15 is 0 Å². The quantitative estimate of drug-likeness (QED) is 0.385. The zero-order valence-corrected chi connectivity index (χ0v) is 14.9. The van der Waals surface area contributed by atoms with Crippen molar-refractivity contribution in [2.24, 2.45) is 5.92 Å². The summed E-state index contributed by atoms with van der Waals surface area (Å²) in [6.45, 7) is 2.15. The third-order valence-electron chi connectivity index (χ3n) is 4.57. The third kappa shape index (κ3) is 8.44. The molecular weight excluding hydrogens is 304 g/mol. The number of carbonyl (C=O) groups is 2. The normalized spacial score (nSPS) is 20.0. The number of carboxylic acids is 1. The minimum absolute atomic E-state index is 0.0889. The molecule has 4 heteroatoms. The zero-order chi connectivity index (χ0) is 17.8. The highest BCUT2D eigenvalue weighted by Crippen LogP contribution is 2.28. The molecule has 0 aromatic heterocycles. The molecule has 0 fully saturated rings. The van der Waals surface area contributed by atoms with E-state index in [4.69, 9.17) is 5.11 Å². The molecule has 0 saturated carbocycles. The van der Waals surface area contributed by atoms with Crippen molar-refractivity contribution < 1.29 is 19.8 Å². The zero-order valence-electron chi connectivity index (χ0n) is 14.9. The number of hydrogen-bond acceptors (Lipinski definition) is 3. The van der Waals surface area contributed by atoms with Crippen molar-refractivity contribution in [2.75, 3.05) is 0 Å². The summed E-state index contributed by atoms with van der Waals surface area (Å²) in [5, 5.41) is 18.6. The lowest BCUT2D eigenvalue weighted by Crippen LogP contribution is -2.10. The van der Waals surface area contributed by atoms with Crippen LogP contribution in [0.3, 0.4) is 0 Å². The number of aliphatic carboxylic acids is 1. The Morgan fingerprint density at radius 3 is 2.71 bits per heavy atom. The Morgan fingerprint density at radius 2 is 2.00 bits per heavy atom. The summed E-state index contributed by atoms with van der Waals surface area (Å²) >= 11 is 0. The van der Waals surface area contributed by atoms with E-state index in [0.29, 0.717) is 6.42 Å². The van der Waals surface area contributed by atoms with Gasteiger partial charge >= 0.3 is 5.97 Å². The first-order chi connectivity index (χ1) is 11.5. The average Bonchev–Trinajstić information content (AvgIpc) is 2.89. The smallest absolute Gasteiger partial charge is 0.303 e. The molecule has 0 amide bonds. The number of aliphatic hydroxyl groups is 1. The van der Waals surface area contributed by atoms with Crippen molar-refractivity contribution in [1.82, 2.24) is 0 Å². The van der Waals surface area contributed by atoms with E-state index in [9.17, 15) is 14.7 Å². The van der Waals surface area contributed by atoms with Crippen LogP contribution in [0.25, 0.3) is 0 Å². The monoisotopic (exact) mass is 336 g/mol. The van der Waals surface area contributed by atoms with Crippen LogP contribution < -0.4 is 0 Å². The molecule has 0 saturated heterocycles. The molecule has 0 bridgehead atoms. The predicted octanol–water partition coefficient (Wildman–Crippen LogP) is 4.42. The summed E-state index contributed by atoms with van der Waals surface area (Å²) in [6, 6.07) is 0. The molecule has 1 aliphatic carbocycles. The predicted molar refractivity (Wildman–Crippen MR) is 95.8 cm³/mol. The van der Waals surface area contributed by atoms with Crippen LogP contribution in [0.2, 0.25) is 0 Å². The molecule has 0 aliphatic heterocycles. The Hall–Kier alpha value is -1.42. The molecule has 4 nitrogen and oxygen atoms in total. The van der Waals surface area contributed by atoms with Crippen molar-refractivity contribution in [1.29, 1.82) is 0 Å². The van der Waals surface area contributed by atoms with Gasteiger partial charge in [-0.05, 0) is 44.6 Å². The molecule has 2 N–H and O–H groups in total. The Bertz CT molecular complexity index is 451. The standard InChI is InChI=1S/C20H32O4/c1-2-3-6-9-17(21)14-12-16-13-15-19(22)18(16)10-7-4-5-8-11-20(23)24/h10,13,15-17,21H,2-9,11-12,14H2,1H3,(H,23,24)/b18-10+/t16-,17-/m0/s1. The first-order valence-corrected chi connectivity index (χ1v) is 9.37. The van der Waals surface area contributed by atoms with E-state index in [0.717, 1.165) is 63.4 Å². The summed E-state index contributed by atoms with van der Waals surface area (Å²) in [5.74, 6) is -0.524. The maximum Gasteiger partial charge on any atom is 0.303 e. The van der Waals surface area contributed by atoms with Gasteiger partial charge in [0.15, 0.2) is 5.78 Å². The van der Waals surface area contributed by atoms with Crippen LogP contribution in [0.4, 0.5) is 0 Å². The molecule has 0 spiro atoms. The number of allylic oxidation sites excluding steroid dienone is 4. The van der Waals surface area contributed by atoms with Crippen LogP contribution in [0, 0.1) is 5.92 Å². The maximum atomic E-state index is 12.0. The third-order valence-corrected chi connectivity index (χ3v) is 4.57. The maximum absolute atomic E-state index is 12.0. The van der Waals surface area contributed by atoms with Crippen LogP contribution in [0.15, 0.2) is 23.8 Å². The molecule has 1 rings (SSSR count). The van der Waals surface area contributed by atoms with Gasteiger partial charge in [0, 0.05) is 17.9 Å². The number of aliphatic hydroxyl groups excluding tert-OH is 1. The average molecular weight is 336 g/mol. The highest BCUT2D eigenvalue weighted by atomic mass is 16.4. The first-order valence-electron chi connectivity index (χ1n) is 9.37. The summed E-state index contributed by atoms with van der Waals surface area (Å²) in [7, 11) is 0. The van der Waals surface area contributed by atoms with Gasteiger partial charge in [0.2, 0.25) is 0 Å². The summed E-state index contributed by atoms with van der Waals surface area (Å²) in [6.07, 6.45) is 14.6. The van der Waals surface area contributed by atoms with Crippen molar-refractivity contribution in [3.05, 3.63) is 23.8 Å². The number of carboxylic acid groups (broad SMARTS) is 1. The van der Waals surface area contributed by atoms with Gasteiger partial charge in [0.05, 0.1) is 6.10 Å². The lowest BCUT2D eigenvalue weighted by atomic mass is 9.93. The topological polar surface area (TPSA) is 74.6 Å². The van der Waals surface area contributed by atoms with Gasteiger partial charge in [0.25, 0.3) is 0 Å². The Morgan fingerprint density at radius 1 is 1.21 bits per heavy atom. The molecule has 0 aromatic carbocycles. The molecular formula is C20H32O4. The van der Waals surface area contributed by atoms with E-state index in [2.05, 4.69) is 6.92 Å². The Kier molecular flexibility index (Phi) is 10.3. The molecule has 0 heterocycles. The number of carbonyl (C=O) groups excluding carboxylic acids is 1. The van der Waals surface area contributed by atoms with Crippen molar-refractivity contribution >= 4 is 11.8 Å². The fraction of sp³-hybridized carbons (Fsp3) is 0.700. The lowest BCUT2D eigenvalue weighted by molar-refractivity contribution is -0.137. The molecule has 2 atom stereocenters. The first kappa shape index (κ1) is 20.6. The van der Waals surface area contributed by atoms with Crippen LogP contribution in [-0.4, -0.2) is 28.1 Å². The van der Waals surface area contributed by atoms with Crippen LogP contribution in [-0.2, 0) is 9.59 Å². The van der Waals surface area contributed by atoms with E-state index in [1.165, 1.54) is 0 Å². The molecule has 0 aromatic rings. The number of unbranched alkanes of at least 4 members (excludes halogenated alkanes) is 5. The van der Waals surface area contributed by atoms with Gasteiger partial charge in [-0.1, -0.05) is 44.8 Å². The van der Waals surface area contributed by atoms with Gasteiger partial charge in [0.1, 0.15) is 0 Å². The highest BCUT2D eigenvalue weighted by molar-refractivity contribution is 6.07. The van der Waals surface area contributed by atoms with Crippen LogP contribution in [0.1, 0.15) is 77.6 Å². The van der Waals surface area contributed by atoms with Gasteiger partial charge in [-0.25, -0.2) is 0 Å². The Balaban J connectivity index is 2.30. The van der Waals surface area contributed by atoms with Crippen LogP contribution in [0.5, 0.6) is 0 Å². The molecule has 136 valence electrons. The second kappa shape index (κ2) is 12.0. The van der Waals surface area contributed by atoms with E-state index in [-0.39, 0.29) is 24.2 Å². The van der Waals surface area contributed by atoms with Gasteiger partial charge in [-0.3, -0.25) is 9.59 Å². The van der Waals surface area contributed by atoms with Crippen molar-refractivity contribution in [3.8, 4) is 0 Å². The largest absolute Gasteiger partial charge is 0.481 e. The summed E-state index contributed by atoms with van der Waals surface area (Å²) in [5.41, 5.74) is 0.856. The van der Waals surface area contributed by atoms with Crippen LogP contribution >= 0.6 is 0 Å². The Labute approximate surface area is 145 Å². The van der Waals surface area contributed by atoms with E-state index < -0.39 is 5.97 Å². The van der Waals surface area contributed by atoms with E-state index in [1.807, 2.05) is 12.2 Å². The fourth-order valence-corrected chi connectivity index (χ4v) is 3.09. The molecule has 1 aliphatic rings. The van der Waals surface area contributed by atoms with Gasteiger partial charge in [-0.15, -0.1) is 0 Å². The number of ketones is 1. The lowest BCUT2D eigenvalue weighted by Gasteiger charge is -2.14. The van der Waals surface area contributed by atoms with Gasteiger partial charge < -0.3 is 10.2 Å². The summed E-state index contributed by atoms with van der Waals surface area (Å²) in [4.78, 5) is 22.4. The van der Waals surface area contributed by atoms with Crippen molar-refractivity contribution in [2.45, 2.75) is 83.7 Å². The highest BCUT2D eigenvalue weighted by Gasteiger charge is 2.23. The minimum Gasteiger partial charge on any atom is -0.481 e. The SMILES string of the molecule is CCCCC[C@H](O)CC[C@H]1C=CC(=O)/C1=C/CCCCCC(=O)O. The summed E-state index contributed by atoms with van der Waals surface area (Å²) < 4.78 is 0. The molecule has 0 radical (unpaired) electrons. The second-order valence-electron chi connectivity index (χ2n) is 6.71. The van der Waals surface area contributed by atoms with Crippen molar-refractivity contribution in [3.63, 3.8) is 0 Å². The molecule has 0 unspecified atom stereocenters.